The zero-order valence-corrected chi connectivity index (χ0v) is 11.7. The molecule has 0 unspecified atom stereocenters. The zero-order chi connectivity index (χ0) is 12.0. The predicted octanol–water partition coefficient (Wildman–Crippen LogP) is 2.17. The Morgan fingerprint density at radius 2 is 2.12 bits per heavy atom. The minimum absolute atomic E-state index is 0.842. The van der Waals surface area contributed by atoms with Crippen LogP contribution in [-0.4, -0.2) is 42.1 Å². The summed E-state index contributed by atoms with van der Waals surface area (Å²) in [5.41, 5.74) is 0. The molecule has 5 heteroatoms. The van der Waals surface area contributed by atoms with Crippen molar-refractivity contribution in [2.75, 3.05) is 32.5 Å². The third-order valence-electron chi connectivity index (χ3n) is 2.15. The van der Waals surface area contributed by atoms with Crippen molar-refractivity contribution in [2.45, 2.75) is 19.8 Å². The molecule has 0 radical (unpaired) electrons. The van der Waals surface area contributed by atoms with Gasteiger partial charge in [0.05, 0.1) is 0 Å². The number of aromatic nitrogens is 2. The standard InChI is InChI=1S/C11H19BrN4/c1-4-10-14-9(12)8-11(15-10)13-6-5-7-16(2)3/h8H,4-7H2,1-3H3,(H,13,14,15). The van der Waals surface area contributed by atoms with Gasteiger partial charge >= 0.3 is 0 Å². The third-order valence-corrected chi connectivity index (χ3v) is 2.55. The highest BCUT2D eigenvalue weighted by atomic mass is 79.9. The quantitative estimate of drug-likeness (QED) is 0.643. The molecule has 0 atom stereocenters. The van der Waals surface area contributed by atoms with Crippen LogP contribution < -0.4 is 5.32 Å². The first-order valence-electron chi connectivity index (χ1n) is 5.54. The van der Waals surface area contributed by atoms with Crippen molar-refractivity contribution < 1.29 is 0 Å². The fraction of sp³-hybridized carbons (Fsp3) is 0.636. The second-order valence-electron chi connectivity index (χ2n) is 3.93. The molecular weight excluding hydrogens is 268 g/mol. The van der Waals surface area contributed by atoms with Gasteiger partial charge in [-0.05, 0) is 43.0 Å². The minimum atomic E-state index is 0.842. The molecule has 0 aliphatic rings. The van der Waals surface area contributed by atoms with Gasteiger partial charge in [-0.3, -0.25) is 0 Å². The van der Waals surface area contributed by atoms with Gasteiger partial charge in [-0.25, -0.2) is 9.97 Å². The van der Waals surface area contributed by atoms with Crippen molar-refractivity contribution in [3.63, 3.8) is 0 Å². The van der Waals surface area contributed by atoms with Crippen LogP contribution in [0.5, 0.6) is 0 Å². The molecule has 0 fully saturated rings. The molecule has 0 amide bonds. The highest BCUT2D eigenvalue weighted by Crippen LogP contribution is 2.12. The van der Waals surface area contributed by atoms with Crippen LogP contribution in [0.3, 0.4) is 0 Å². The normalized spacial score (nSPS) is 10.8. The van der Waals surface area contributed by atoms with E-state index in [1.807, 2.05) is 6.07 Å². The molecule has 1 heterocycles. The molecule has 0 aliphatic heterocycles. The Kier molecular flexibility index (Phi) is 5.69. The Hall–Kier alpha value is -0.680. The van der Waals surface area contributed by atoms with E-state index in [1.165, 1.54) is 0 Å². The number of nitrogens with one attached hydrogen (secondary N) is 1. The first kappa shape index (κ1) is 13.4. The predicted molar refractivity (Wildman–Crippen MR) is 70.8 cm³/mol. The molecule has 1 aromatic heterocycles. The van der Waals surface area contributed by atoms with Crippen molar-refractivity contribution in [3.8, 4) is 0 Å². The highest BCUT2D eigenvalue weighted by molar-refractivity contribution is 9.10. The summed E-state index contributed by atoms with van der Waals surface area (Å²) in [7, 11) is 4.16. The largest absolute Gasteiger partial charge is 0.370 e. The van der Waals surface area contributed by atoms with E-state index in [2.05, 4.69) is 57.1 Å². The summed E-state index contributed by atoms with van der Waals surface area (Å²) in [6, 6.07) is 1.91. The summed E-state index contributed by atoms with van der Waals surface area (Å²) in [5, 5.41) is 3.31. The van der Waals surface area contributed by atoms with Gasteiger partial charge in [0.2, 0.25) is 0 Å². The van der Waals surface area contributed by atoms with E-state index in [1.54, 1.807) is 0 Å². The lowest BCUT2D eigenvalue weighted by Gasteiger charge is -2.10. The monoisotopic (exact) mass is 286 g/mol. The Balaban J connectivity index is 2.44. The van der Waals surface area contributed by atoms with Gasteiger partial charge in [-0.1, -0.05) is 6.92 Å². The van der Waals surface area contributed by atoms with Gasteiger partial charge in [-0.2, -0.15) is 0 Å². The van der Waals surface area contributed by atoms with Crippen molar-refractivity contribution in [2.24, 2.45) is 0 Å². The summed E-state index contributed by atoms with van der Waals surface area (Å²) in [4.78, 5) is 10.8. The van der Waals surface area contributed by atoms with Gasteiger partial charge in [0.25, 0.3) is 0 Å². The van der Waals surface area contributed by atoms with Crippen LogP contribution in [0.15, 0.2) is 10.7 Å². The number of halogens is 1. The van der Waals surface area contributed by atoms with Crippen LogP contribution in [-0.2, 0) is 6.42 Å². The smallest absolute Gasteiger partial charge is 0.131 e. The molecule has 1 N–H and O–H groups in total. The van der Waals surface area contributed by atoms with Crippen LogP contribution >= 0.6 is 15.9 Å². The van der Waals surface area contributed by atoms with Gasteiger partial charge in [0.1, 0.15) is 16.2 Å². The summed E-state index contributed by atoms with van der Waals surface area (Å²) in [6.45, 7) is 4.07. The van der Waals surface area contributed by atoms with Crippen LogP contribution in [0.4, 0.5) is 5.82 Å². The Morgan fingerprint density at radius 1 is 1.38 bits per heavy atom. The molecule has 16 heavy (non-hydrogen) atoms. The van der Waals surface area contributed by atoms with Crippen molar-refractivity contribution >= 4 is 21.7 Å². The van der Waals surface area contributed by atoms with Gasteiger partial charge in [0.15, 0.2) is 0 Å². The lowest BCUT2D eigenvalue weighted by molar-refractivity contribution is 0.405. The van der Waals surface area contributed by atoms with Crippen LogP contribution in [0.1, 0.15) is 19.2 Å². The van der Waals surface area contributed by atoms with E-state index in [4.69, 9.17) is 0 Å². The third kappa shape index (κ3) is 4.90. The van der Waals surface area contributed by atoms with E-state index < -0.39 is 0 Å². The maximum Gasteiger partial charge on any atom is 0.131 e. The first-order valence-corrected chi connectivity index (χ1v) is 6.33. The second-order valence-corrected chi connectivity index (χ2v) is 4.74. The summed E-state index contributed by atoms with van der Waals surface area (Å²) in [5.74, 6) is 1.77. The number of anilines is 1. The molecule has 1 aromatic rings. The van der Waals surface area contributed by atoms with Gasteiger partial charge in [0, 0.05) is 19.0 Å². The zero-order valence-electron chi connectivity index (χ0n) is 10.1. The average Bonchev–Trinajstić information content (AvgIpc) is 2.23. The second kappa shape index (κ2) is 6.81. The number of hydrogen-bond donors (Lipinski definition) is 1. The summed E-state index contributed by atoms with van der Waals surface area (Å²) in [6.07, 6.45) is 1.96. The van der Waals surface area contributed by atoms with E-state index in [0.717, 1.165) is 42.2 Å². The fourth-order valence-electron chi connectivity index (χ4n) is 1.33. The number of rotatable bonds is 6. The minimum Gasteiger partial charge on any atom is -0.370 e. The Morgan fingerprint density at radius 3 is 2.75 bits per heavy atom. The van der Waals surface area contributed by atoms with E-state index in [-0.39, 0.29) is 0 Å². The highest BCUT2D eigenvalue weighted by Gasteiger charge is 2.00. The molecular formula is C11H19BrN4. The van der Waals surface area contributed by atoms with E-state index in [9.17, 15) is 0 Å². The molecule has 1 rings (SSSR count). The maximum absolute atomic E-state index is 4.40. The lowest BCUT2D eigenvalue weighted by Crippen LogP contribution is -2.16. The molecule has 4 nitrogen and oxygen atoms in total. The number of nitrogens with zero attached hydrogens (tertiary/aromatic N) is 3. The van der Waals surface area contributed by atoms with Crippen LogP contribution in [0.25, 0.3) is 0 Å². The maximum atomic E-state index is 4.40. The molecule has 0 saturated heterocycles. The summed E-state index contributed by atoms with van der Waals surface area (Å²) < 4.78 is 0.842. The van der Waals surface area contributed by atoms with Crippen LogP contribution in [0.2, 0.25) is 0 Å². The van der Waals surface area contributed by atoms with Gasteiger partial charge < -0.3 is 10.2 Å². The fourth-order valence-corrected chi connectivity index (χ4v) is 1.75. The van der Waals surface area contributed by atoms with Crippen molar-refractivity contribution in [1.82, 2.24) is 14.9 Å². The lowest BCUT2D eigenvalue weighted by atomic mass is 10.4. The molecule has 0 spiro atoms. The average molecular weight is 287 g/mol. The number of hydrogen-bond acceptors (Lipinski definition) is 4. The van der Waals surface area contributed by atoms with Crippen molar-refractivity contribution in [3.05, 3.63) is 16.5 Å². The van der Waals surface area contributed by atoms with Crippen molar-refractivity contribution in [1.29, 1.82) is 0 Å². The molecule has 0 saturated carbocycles. The van der Waals surface area contributed by atoms with Crippen LogP contribution in [0, 0.1) is 0 Å². The van der Waals surface area contributed by atoms with Gasteiger partial charge in [-0.15, -0.1) is 0 Å². The molecule has 0 aromatic carbocycles. The molecule has 0 bridgehead atoms. The Labute approximate surface area is 106 Å². The first-order chi connectivity index (χ1) is 7.61. The SMILES string of the molecule is CCc1nc(Br)cc(NCCCN(C)C)n1. The molecule has 90 valence electrons. The molecule has 0 aliphatic carbocycles. The Bertz CT molecular complexity index is 328. The van der Waals surface area contributed by atoms with E-state index in [0.29, 0.717) is 0 Å². The van der Waals surface area contributed by atoms with E-state index >= 15 is 0 Å². The topological polar surface area (TPSA) is 41.1 Å². The number of aryl methyl sites for hydroxylation is 1. The summed E-state index contributed by atoms with van der Waals surface area (Å²) >= 11 is 3.39.